The van der Waals surface area contributed by atoms with Crippen LogP contribution in [0.2, 0.25) is 0 Å². The van der Waals surface area contributed by atoms with Gasteiger partial charge in [-0.1, -0.05) is 149 Å². The van der Waals surface area contributed by atoms with Gasteiger partial charge >= 0.3 is 0 Å². The molecule has 0 fully saturated rings. The molecule has 7 aromatic rings. The summed E-state index contributed by atoms with van der Waals surface area (Å²) in [7, 11) is -2.32. The molecular weight excluding hydrogens is 791 g/mol. The molecule has 2 nitrogen and oxygen atoms in total. The minimum absolute atomic E-state index is 0.630. The van der Waals surface area contributed by atoms with E-state index in [4.69, 9.17) is 9.47 Å². The van der Waals surface area contributed by atoms with Gasteiger partial charge in [-0.05, 0) is 110 Å². The Balaban J connectivity index is 1.19. The van der Waals surface area contributed by atoms with Crippen LogP contribution >= 0.6 is 15.8 Å². The van der Waals surface area contributed by atoms with Gasteiger partial charge in [0.15, 0.2) is 0 Å². The molecule has 0 aliphatic heterocycles. The zero-order chi connectivity index (χ0) is 42.6. The van der Waals surface area contributed by atoms with Crippen molar-refractivity contribution in [2.45, 2.75) is 65.2 Å². The Morgan fingerprint density at radius 1 is 0.339 bits per heavy atom. The standard InChI is InChI=1S/C58H56O2P2/c1-3-5-7-21-43-59-57-45-50(38-32-48-35-41-56(42-36-48)62(53-27-17-11-18-28-53)54-29-19-12-20-30-54)58(60-44-22-8-6-4-2)46-49(57)37-31-47-33-39-55(40-34-47)61(51-23-13-9-14-24-51)52-25-15-10-16-26-52/h9-20,23-30,33-36,39-42,45-46H,3-8,21-22,43-44H2,1-2H3/p+2. The molecule has 0 spiro atoms. The van der Waals surface area contributed by atoms with E-state index < -0.39 is 15.8 Å². The maximum atomic E-state index is 6.53. The van der Waals surface area contributed by atoms with Crippen molar-refractivity contribution in [2.24, 2.45) is 0 Å². The summed E-state index contributed by atoms with van der Waals surface area (Å²) < 4.78 is 13.1. The number of hydrogen-bond donors (Lipinski definition) is 0. The van der Waals surface area contributed by atoms with Crippen molar-refractivity contribution in [3.05, 3.63) is 204 Å². The number of benzene rings is 7. The first-order chi connectivity index (χ1) is 30.7. The number of rotatable bonds is 18. The summed E-state index contributed by atoms with van der Waals surface area (Å²) >= 11 is 0. The molecule has 0 radical (unpaired) electrons. The fourth-order valence-corrected chi connectivity index (χ4v) is 12.7. The zero-order valence-corrected chi connectivity index (χ0v) is 38.2. The predicted octanol–water partition coefficient (Wildman–Crippen LogP) is 11.4. The fraction of sp³-hybridized carbons (Fsp3) is 0.207. The van der Waals surface area contributed by atoms with E-state index >= 15 is 0 Å². The Labute approximate surface area is 373 Å². The van der Waals surface area contributed by atoms with Crippen molar-refractivity contribution in [3.63, 3.8) is 0 Å². The van der Waals surface area contributed by atoms with E-state index in [-0.39, 0.29) is 0 Å². The van der Waals surface area contributed by atoms with Gasteiger partial charge in [0.05, 0.1) is 40.2 Å². The zero-order valence-electron chi connectivity index (χ0n) is 36.2. The second-order valence-corrected chi connectivity index (χ2v) is 20.5. The molecule has 0 bridgehead atoms. The Morgan fingerprint density at radius 2 is 0.645 bits per heavy atom. The van der Waals surface area contributed by atoms with Crippen LogP contribution in [0.15, 0.2) is 182 Å². The van der Waals surface area contributed by atoms with Crippen LogP contribution in [-0.4, -0.2) is 13.2 Å². The highest BCUT2D eigenvalue weighted by molar-refractivity contribution is 7.80. The van der Waals surface area contributed by atoms with Gasteiger partial charge in [0, 0.05) is 23.3 Å². The molecule has 7 rings (SSSR count). The second kappa shape index (κ2) is 23.9. The first-order valence-electron chi connectivity index (χ1n) is 22.3. The highest BCUT2D eigenvalue weighted by Crippen LogP contribution is 2.34. The molecule has 0 aliphatic rings. The lowest BCUT2D eigenvalue weighted by Gasteiger charge is -2.14. The first kappa shape index (κ1) is 44.2. The van der Waals surface area contributed by atoms with Gasteiger partial charge < -0.3 is 9.47 Å². The fourth-order valence-electron chi connectivity index (χ4n) is 7.55. The quantitative estimate of drug-likeness (QED) is 0.0487. The first-order valence-corrected chi connectivity index (χ1v) is 25.3. The van der Waals surface area contributed by atoms with Crippen LogP contribution in [0.3, 0.4) is 0 Å². The highest BCUT2D eigenvalue weighted by atomic mass is 31.1. The Morgan fingerprint density at radius 3 is 0.952 bits per heavy atom. The van der Waals surface area contributed by atoms with Crippen molar-refractivity contribution in [1.29, 1.82) is 0 Å². The normalized spacial score (nSPS) is 10.8. The maximum Gasteiger partial charge on any atom is 0.136 e. The Hall–Kier alpha value is -5.88. The van der Waals surface area contributed by atoms with Crippen molar-refractivity contribution < 1.29 is 9.47 Å². The summed E-state index contributed by atoms with van der Waals surface area (Å²) in [6.45, 7) is 5.73. The van der Waals surface area contributed by atoms with Gasteiger partial charge in [0.2, 0.25) is 0 Å². The van der Waals surface area contributed by atoms with Crippen LogP contribution in [0.5, 0.6) is 11.5 Å². The number of ether oxygens (including phenoxy) is 2. The molecule has 0 aliphatic carbocycles. The molecule has 0 atom stereocenters. The number of unbranched alkanes of at least 4 members (excludes halogenated alkanes) is 6. The van der Waals surface area contributed by atoms with Crippen LogP contribution in [0.4, 0.5) is 0 Å². The van der Waals surface area contributed by atoms with E-state index in [0.717, 1.165) is 59.4 Å². The summed E-state index contributed by atoms with van der Waals surface area (Å²) in [4.78, 5) is 0. The lowest BCUT2D eigenvalue weighted by molar-refractivity contribution is 0.295. The van der Waals surface area contributed by atoms with Crippen LogP contribution in [0, 0.1) is 23.7 Å². The summed E-state index contributed by atoms with van der Waals surface area (Å²) in [6.07, 6.45) is 9.02. The summed E-state index contributed by atoms with van der Waals surface area (Å²) in [5.41, 5.74) is 3.56. The minimum Gasteiger partial charge on any atom is -0.492 e. The number of hydrogen-bond acceptors (Lipinski definition) is 2. The summed E-state index contributed by atoms with van der Waals surface area (Å²) in [5, 5.41) is 8.13. The van der Waals surface area contributed by atoms with E-state index in [1.165, 1.54) is 57.5 Å². The second-order valence-electron chi connectivity index (χ2n) is 15.5. The predicted molar refractivity (Wildman–Crippen MR) is 271 cm³/mol. The van der Waals surface area contributed by atoms with Crippen molar-refractivity contribution in [2.75, 3.05) is 13.2 Å². The van der Waals surface area contributed by atoms with Gasteiger partial charge in [0.25, 0.3) is 0 Å². The Bertz CT molecular complexity index is 2270. The minimum atomic E-state index is -1.16. The average Bonchev–Trinajstić information content (AvgIpc) is 3.33. The molecule has 0 N–H and O–H groups in total. The third-order valence-corrected chi connectivity index (χ3v) is 16.3. The van der Waals surface area contributed by atoms with E-state index in [2.05, 4.69) is 220 Å². The monoisotopic (exact) mass is 848 g/mol. The molecule has 0 unspecified atom stereocenters. The van der Waals surface area contributed by atoms with Gasteiger partial charge in [-0.25, -0.2) is 0 Å². The highest BCUT2D eigenvalue weighted by Gasteiger charge is 2.26. The van der Waals surface area contributed by atoms with Crippen LogP contribution in [0.1, 0.15) is 87.5 Å². The SMILES string of the molecule is CCCCCCOc1cc(C#Cc2ccc([PH+](c3ccccc3)c3ccccc3)cc2)c(OCCCCCC)cc1C#Cc1ccc([PH+](c2ccccc2)c2ccccc2)cc1. The van der Waals surface area contributed by atoms with Gasteiger partial charge in [-0.2, -0.15) is 0 Å². The smallest absolute Gasteiger partial charge is 0.136 e. The van der Waals surface area contributed by atoms with Gasteiger partial charge in [0.1, 0.15) is 43.3 Å². The third-order valence-electron chi connectivity index (χ3n) is 10.9. The maximum absolute atomic E-state index is 6.53. The van der Waals surface area contributed by atoms with E-state index in [1.807, 2.05) is 0 Å². The van der Waals surface area contributed by atoms with Crippen molar-refractivity contribution in [3.8, 4) is 35.2 Å². The largest absolute Gasteiger partial charge is 0.492 e. The summed E-state index contributed by atoms with van der Waals surface area (Å²) in [5.74, 6) is 15.4. The molecule has 0 aromatic heterocycles. The summed E-state index contributed by atoms with van der Waals surface area (Å²) in [6, 6.07) is 65.2. The van der Waals surface area contributed by atoms with Crippen molar-refractivity contribution in [1.82, 2.24) is 0 Å². The molecule has 0 heterocycles. The molecule has 4 heteroatoms. The Kier molecular flexibility index (Phi) is 17.1. The van der Waals surface area contributed by atoms with Gasteiger partial charge in [-0.3, -0.25) is 0 Å². The van der Waals surface area contributed by atoms with Crippen LogP contribution < -0.4 is 41.3 Å². The molecule has 62 heavy (non-hydrogen) atoms. The molecule has 0 saturated carbocycles. The van der Waals surface area contributed by atoms with E-state index in [1.54, 1.807) is 0 Å². The van der Waals surface area contributed by atoms with Crippen molar-refractivity contribution >= 4 is 47.7 Å². The molecule has 7 aromatic carbocycles. The molecular formula is C58H58O2P2+2. The molecule has 0 saturated heterocycles. The lowest BCUT2D eigenvalue weighted by Crippen LogP contribution is -2.20. The topological polar surface area (TPSA) is 18.5 Å². The average molecular weight is 849 g/mol. The third kappa shape index (κ3) is 12.6. The van der Waals surface area contributed by atoms with Crippen LogP contribution in [-0.2, 0) is 0 Å². The lowest BCUT2D eigenvalue weighted by atomic mass is 10.1. The molecule has 310 valence electrons. The van der Waals surface area contributed by atoms with Gasteiger partial charge in [-0.15, -0.1) is 0 Å². The molecule has 0 amide bonds. The van der Waals surface area contributed by atoms with E-state index in [9.17, 15) is 0 Å². The van der Waals surface area contributed by atoms with E-state index in [0.29, 0.717) is 13.2 Å². The van der Waals surface area contributed by atoms with Crippen LogP contribution in [0.25, 0.3) is 0 Å².